The molecule has 2 amide bonds. The monoisotopic (exact) mass is 381 g/mol. The molecule has 0 saturated carbocycles. The summed E-state index contributed by atoms with van der Waals surface area (Å²) in [6.45, 7) is 0.0123. The molecule has 3 rings (SSSR count). The van der Waals surface area contributed by atoms with Crippen LogP contribution in [0, 0.1) is 0 Å². The number of para-hydroxylation sites is 2. The van der Waals surface area contributed by atoms with Crippen molar-refractivity contribution in [1.29, 1.82) is 0 Å². The molecule has 7 heteroatoms. The first kappa shape index (κ1) is 19.4. The number of likely N-dealkylation sites (tertiary alicyclic amines) is 1. The van der Waals surface area contributed by atoms with Gasteiger partial charge in [0.2, 0.25) is 5.91 Å². The fourth-order valence-corrected chi connectivity index (χ4v) is 3.26. The van der Waals surface area contributed by atoms with Crippen LogP contribution in [0.2, 0.25) is 0 Å². The third kappa shape index (κ3) is 4.68. The van der Waals surface area contributed by atoms with Crippen molar-refractivity contribution in [3.63, 3.8) is 0 Å². The molecule has 0 aromatic heterocycles. The fourth-order valence-electron chi connectivity index (χ4n) is 3.26. The molecule has 146 valence electrons. The van der Waals surface area contributed by atoms with Gasteiger partial charge in [-0.2, -0.15) is 0 Å². The van der Waals surface area contributed by atoms with Gasteiger partial charge in [-0.05, 0) is 43.5 Å². The Hall–Kier alpha value is -3.35. The van der Waals surface area contributed by atoms with Crippen LogP contribution in [-0.2, 0) is 14.3 Å². The number of hydrogen-bond acceptors (Lipinski definition) is 5. The summed E-state index contributed by atoms with van der Waals surface area (Å²) >= 11 is 0. The molecule has 1 saturated heterocycles. The second-order valence-electron chi connectivity index (χ2n) is 6.61. The van der Waals surface area contributed by atoms with Crippen molar-refractivity contribution in [2.75, 3.05) is 18.5 Å². The van der Waals surface area contributed by atoms with E-state index in [4.69, 9.17) is 10.5 Å². The van der Waals surface area contributed by atoms with E-state index in [1.54, 1.807) is 24.3 Å². The smallest absolute Gasteiger partial charge is 0.340 e. The third-order valence-electron chi connectivity index (χ3n) is 4.68. The number of anilines is 2. The SMILES string of the molecule is NC(=O)[C@H]1CCCCN1C(=O)COC(=O)c1ccccc1Nc1ccccc1. The number of hydrogen-bond donors (Lipinski definition) is 2. The van der Waals surface area contributed by atoms with Crippen LogP contribution in [0.1, 0.15) is 29.6 Å². The first-order chi connectivity index (χ1) is 13.6. The summed E-state index contributed by atoms with van der Waals surface area (Å²) in [5, 5.41) is 3.17. The van der Waals surface area contributed by atoms with Crippen molar-refractivity contribution in [3.05, 3.63) is 60.2 Å². The molecule has 0 unspecified atom stereocenters. The van der Waals surface area contributed by atoms with Gasteiger partial charge in [0.1, 0.15) is 6.04 Å². The van der Waals surface area contributed by atoms with Gasteiger partial charge in [-0.15, -0.1) is 0 Å². The van der Waals surface area contributed by atoms with Crippen LogP contribution < -0.4 is 11.1 Å². The van der Waals surface area contributed by atoms with E-state index in [2.05, 4.69) is 5.32 Å². The summed E-state index contributed by atoms with van der Waals surface area (Å²) < 4.78 is 5.23. The predicted molar refractivity (Wildman–Crippen MR) is 105 cm³/mol. The van der Waals surface area contributed by atoms with E-state index in [1.807, 2.05) is 30.3 Å². The summed E-state index contributed by atoms with van der Waals surface area (Å²) in [4.78, 5) is 38.0. The topological polar surface area (TPSA) is 102 Å². The van der Waals surface area contributed by atoms with Gasteiger partial charge in [-0.1, -0.05) is 30.3 Å². The highest BCUT2D eigenvalue weighted by atomic mass is 16.5. The zero-order chi connectivity index (χ0) is 19.9. The summed E-state index contributed by atoms with van der Waals surface area (Å²) in [6, 6.07) is 15.7. The number of nitrogens with zero attached hydrogens (tertiary/aromatic N) is 1. The van der Waals surface area contributed by atoms with E-state index in [1.165, 1.54) is 4.90 Å². The van der Waals surface area contributed by atoms with E-state index >= 15 is 0 Å². The number of ether oxygens (including phenoxy) is 1. The lowest BCUT2D eigenvalue weighted by Crippen LogP contribution is -2.51. The molecule has 0 spiro atoms. The molecule has 7 nitrogen and oxygen atoms in total. The molecule has 1 fully saturated rings. The molecule has 0 aliphatic carbocycles. The van der Waals surface area contributed by atoms with Crippen molar-refractivity contribution >= 4 is 29.2 Å². The second-order valence-corrected chi connectivity index (χ2v) is 6.61. The Morgan fingerprint density at radius 2 is 1.75 bits per heavy atom. The Labute approximate surface area is 163 Å². The zero-order valence-electron chi connectivity index (χ0n) is 15.5. The number of piperidine rings is 1. The van der Waals surface area contributed by atoms with Crippen molar-refractivity contribution in [3.8, 4) is 0 Å². The second kappa shape index (κ2) is 9.03. The van der Waals surface area contributed by atoms with Gasteiger partial charge >= 0.3 is 5.97 Å². The highest BCUT2D eigenvalue weighted by molar-refractivity contribution is 5.97. The molecule has 28 heavy (non-hydrogen) atoms. The van der Waals surface area contributed by atoms with Gasteiger partial charge in [0.05, 0.1) is 11.3 Å². The molecule has 1 aliphatic heterocycles. The Balaban J connectivity index is 1.65. The zero-order valence-corrected chi connectivity index (χ0v) is 15.5. The Kier molecular flexibility index (Phi) is 6.26. The quantitative estimate of drug-likeness (QED) is 0.749. The highest BCUT2D eigenvalue weighted by Gasteiger charge is 2.31. The maximum atomic E-state index is 12.5. The standard InChI is InChI=1S/C21H23N3O4/c22-20(26)18-12-6-7-13-24(18)19(25)14-28-21(27)16-10-4-5-11-17(16)23-15-8-2-1-3-9-15/h1-5,8-11,18,23H,6-7,12-14H2,(H2,22,26)/t18-/m1/s1. The minimum absolute atomic E-state index is 0.323. The number of carbonyl (C=O) groups excluding carboxylic acids is 3. The van der Waals surface area contributed by atoms with Gasteiger partial charge in [0, 0.05) is 12.2 Å². The summed E-state index contributed by atoms with van der Waals surface area (Å²) in [6.07, 6.45) is 2.18. The first-order valence-corrected chi connectivity index (χ1v) is 9.23. The minimum Gasteiger partial charge on any atom is -0.452 e. The molecule has 0 radical (unpaired) electrons. The van der Waals surface area contributed by atoms with Crippen molar-refractivity contribution in [1.82, 2.24) is 4.90 Å². The summed E-state index contributed by atoms with van der Waals surface area (Å²) in [5.74, 6) is -1.55. The average molecular weight is 381 g/mol. The van der Waals surface area contributed by atoms with Crippen LogP contribution in [0.15, 0.2) is 54.6 Å². The number of amides is 2. The van der Waals surface area contributed by atoms with Gasteiger partial charge in [0.25, 0.3) is 5.91 Å². The van der Waals surface area contributed by atoms with Crippen molar-refractivity contribution in [2.45, 2.75) is 25.3 Å². The van der Waals surface area contributed by atoms with E-state index in [0.29, 0.717) is 24.2 Å². The van der Waals surface area contributed by atoms with Crippen LogP contribution >= 0.6 is 0 Å². The molecule has 1 aliphatic rings. The molecule has 1 atom stereocenters. The number of rotatable bonds is 6. The maximum Gasteiger partial charge on any atom is 0.340 e. The van der Waals surface area contributed by atoms with Gasteiger partial charge < -0.3 is 20.7 Å². The minimum atomic E-state index is -0.632. The molecular weight excluding hydrogens is 358 g/mol. The van der Waals surface area contributed by atoms with Crippen LogP contribution in [0.4, 0.5) is 11.4 Å². The maximum absolute atomic E-state index is 12.5. The van der Waals surface area contributed by atoms with E-state index in [-0.39, 0.29) is 0 Å². The van der Waals surface area contributed by atoms with Gasteiger partial charge in [-0.25, -0.2) is 4.79 Å². The number of carbonyl (C=O) groups is 3. The first-order valence-electron chi connectivity index (χ1n) is 9.23. The number of primary amides is 1. The number of nitrogens with two attached hydrogens (primary N) is 1. The lowest BCUT2D eigenvalue weighted by atomic mass is 10.0. The average Bonchev–Trinajstić information content (AvgIpc) is 2.73. The third-order valence-corrected chi connectivity index (χ3v) is 4.68. The lowest BCUT2D eigenvalue weighted by molar-refractivity contribution is -0.143. The van der Waals surface area contributed by atoms with Crippen LogP contribution in [0.25, 0.3) is 0 Å². The van der Waals surface area contributed by atoms with Gasteiger partial charge in [0.15, 0.2) is 6.61 Å². The molecule has 2 aromatic carbocycles. The van der Waals surface area contributed by atoms with Gasteiger partial charge in [-0.3, -0.25) is 9.59 Å². The van der Waals surface area contributed by atoms with E-state index in [9.17, 15) is 14.4 Å². The predicted octanol–water partition coefficient (Wildman–Crippen LogP) is 2.45. The van der Waals surface area contributed by atoms with E-state index < -0.39 is 30.4 Å². The fraction of sp³-hybridized carbons (Fsp3) is 0.286. The number of esters is 1. The molecule has 0 bridgehead atoms. The van der Waals surface area contributed by atoms with E-state index in [0.717, 1.165) is 18.5 Å². The van der Waals surface area contributed by atoms with Crippen molar-refractivity contribution < 1.29 is 19.1 Å². The molecule has 2 aromatic rings. The molecule has 1 heterocycles. The van der Waals surface area contributed by atoms with Crippen LogP contribution in [0.3, 0.4) is 0 Å². The van der Waals surface area contributed by atoms with Crippen LogP contribution in [-0.4, -0.2) is 41.9 Å². The van der Waals surface area contributed by atoms with Crippen molar-refractivity contribution in [2.24, 2.45) is 5.73 Å². The number of nitrogens with one attached hydrogen (secondary N) is 1. The lowest BCUT2D eigenvalue weighted by Gasteiger charge is -2.33. The number of benzene rings is 2. The molecule has 3 N–H and O–H groups in total. The van der Waals surface area contributed by atoms with Crippen LogP contribution in [0.5, 0.6) is 0 Å². The highest BCUT2D eigenvalue weighted by Crippen LogP contribution is 2.22. The largest absolute Gasteiger partial charge is 0.452 e. The Morgan fingerprint density at radius 1 is 1.04 bits per heavy atom. The Morgan fingerprint density at radius 3 is 2.50 bits per heavy atom. The molecular formula is C21H23N3O4. The Bertz CT molecular complexity index is 854. The summed E-state index contributed by atoms with van der Waals surface area (Å²) in [7, 11) is 0. The normalized spacial score (nSPS) is 16.3. The summed E-state index contributed by atoms with van der Waals surface area (Å²) in [5.41, 5.74) is 7.12.